The maximum atomic E-state index is 5.53. The number of fused-ring (bicyclic) bond motifs is 6. The molecule has 0 aliphatic heterocycles. The normalized spacial score (nSPS) is 12.4. The summed E-state index contributed by atoms with van der Waals surface area (Å²) in [6.07, 6.45) is 0. The molecule has 2 N–H and O–H groups in total. The molecule has 3 heteroatoms. The Morgan fingerprint density at radius 2 is 0.744 bits per heavy atom. The molecule has 0 aliphatic rings. The van der Waals surface area contributed by atoms with Crippen LogP contribution in [-0.2, 0) is 10.8 Å². The third kappa shape index (κ3) is 7.05. The Morgan fingerprint density at radius 3 is 1.08 bits per heavy atom. The first-order valence-electron chi connectivity index (χ1n) is 13.8. The average Bonchev–Trinajstić information content (AvgIpc) is 3.39. The maximum Gasteiger partial charge on any atom is 0.0465 e. The highest BCUT2D eigenvalue weighted by Crippen LogP contribution is 2.33. The minimum Gasteiger partial charge on any atom is -0.355 e. The SMILES string of the molecule is CC(C)(C)Cl.CC(C)(C)c1ccc2[nH]c3ccc(C(C)(C)C)cc3c2c1.c1ccc2c(c1)[nH]c1ccccc12. The summed E-state index contributed by atoms with van der Waals surface area (Å²) in [6, 6.07) is 30.4. The molecule has 204 valence electrons. The van der Waals surface area contributed by atoms with Gasteiger partial charge in [0, 0.05) is 48.5 Å². The van der Waals surface area contributed by atoms with Gasteiger partial charge in [0.1, 0.15) is 0 Å². The number of halogens is 1. The topological polar surface area (TPSA) is 31.6 Å². The molecule has 6 rings (SSSR count). The van der Waals surface area contributed by atoms with Gasteiger partial charge in [-0.2, -0.15) is 0 Å². The number of hydrogen-bond donors (Lipinski definition) is 2. The Kier molecular flexibility index (Phi) is 7.92. The molecule has 0 amide bonds. The highest BCUT2D eigenvalue weighted by Gasteiger charge is 2.17. The Morgan fingerprint density at radius 1 is 0.436 bits per heavy atom. The zero-order valence-electron chi connectivity index (χ0n) is 25.0. The fourth-order valence-corrected chi connectivity index (χ4v) is 4.63. The first-order chi connectivity index (χ1) is 18.1. The summed E-state index contributed by atoms with van der Waals surface area (Å²) >= 11 is 5.53. The molecule has 2 aromatic heterocycles. The number of H-pyrrole nitrogens is 2. The van der Waals surface area contributed by atoms with E-state index in [1.165, 1.54) is 54.7 Å². The quantitative estimate of drug-likeness (QED) is 0.180. The van der Waals surface area contributed by atoms with E-state index in [4.69, 9.17) is 11.6 Å². The molecule has 0 saturated carbocycles. The van der Waals surface area contributed by atoms with Crippen molar-refractivity contribution >= 4 is 55.2 Å². The number of aromatic nitrogens is 2. The highest BCUT2D eigenvalue weighted by molar-refractivity contribution is 6.23. The van der Waals surface area contributed by atoms with E-state index >= 15 is 0 Å². The fourth-order valence-electron chi connectivity index (χ4n) is 4.63. The van der Waals surface area contributed by atoms with Crippen LogP contribution in [0.5, 0.6) is 0 Å². The predicted octanol–water partition coefficient (Wildman–Crippen LogP) is 11.3. The number of hydrogen-bond acceptors (Lipinski definition) is 0. The van der Waals surface area contributed by atoms with E-state index in [9.17, 15) is 0 Å². The lowest BCUT2D eigenvalue weighted by Gasteiger charge is -2.19. The number of rotatable bonds is 0. The van der Waals surface area contributed by atoms with E-state index in [2.05, 4.69) is 136 Å². The molecule has 0 saturated heterocycles. The monoisotopic (exact) mass is 538 g/mol. The zero-order chi connectivity index (χ0) is 28.6. The molecule has 4 aromatic carbocycles. The van der Waals surface area contributed by atoms with Crippen molar-refractivity contribution in [1.82, 2.24) is 9.97 Å². The fraction of sp³-hybridized carbons (Fsp3) is 0.333. The molecular formula is C36H43ClN2. The molecule has 0 spiro atoms. The average molecular weight is 539 g/mol. The zero-order valence-corrected chi connectivity index (χ0v) is 25.7. The van der Waals surface area contributed by atoms with Gasteiger partial charge in [-0.1, -0.05) is 90.1 Å². The van der Waals surface area contributed by atoms with Crippen LogP contribution in [0.3, 0.4) is 0 Å². The third-order valence-electron chi connectivity index (χ3n) is 6.74. The molecule has 2 heterocycles. The summed E-state index contributed by atoms with van der Waals surface area (Å²) in [5, 5.41) is 5.28. The second-order valence-corrected chi connectivity index (χ2v) is 14.6. The van der Waals surface area contributed by atoms with Crippen molar-refractivity contribution in [2.24, 2.45) is 0 Å². The second kappa shape index (κ2) is 10.7. The minimum absolute atomic E-state index is 0.0278. The maximum absolute atomic E-state index is 5.53. The van der Waals surface area contributed by atoms with Gasteiger partial charge in [0.2, 0.25) is 0 Å². The van der Waals surface area contributed by atoms with E-state index in [1.807, 2.05) is 20.8 Å². The second-order valence-electron chi connectivity index (χ2n) is 13.4. The van der Waals surface area contributed by atoms with E-state index < -0.39 is 0 Å². The van der Waals surface area contributed by atoms with Crippen LogP contribution in [0, 0.1) is 0 Å². The number of nitrogens with one attached hydrogen (secondary N) is 2. The molecule has 0 radical (unpaired) electrons. The molecule has 6 aromatic rings. The molecule has 39 heavy (non-hydrogen) atoms. The summed E-state index contributed by atoms with van der Waals surface area (Å²) in [5.41, 5.74) is 8.01. The summed E-state index contributed by atoms with van der Waals surface area (Å²) in [5.74, 6) is 0. The van der Waals surface area contributed by atoms with Gasteiger partial charge < -0.3 is 9.97 Å². The third-order valence-corrected chi connectivity index (χ3v) is 6.74. The van der Waals surface area contributed by atoms with Crippen LogP contribution in [0.4, 0.5) is 0 Å². The standard InChI is InChI=1S/C20H25N.C12H9N.C4H9Cl/c1-19(2,3)13-7-9-17-15(11-13)16-12-14(20(4,5)6)8-10-18(16)21-17;1-3-7-11-9(5-1)10-6-2-4-8-12(10)13-11;1-4(2,3)5/h7-12,21H,1-6H3;1-8,13H;1-3H3. The first kappa shape index (κ1) is 28.8. The van der Waals surface area contributed by atoms with Crippen LogP contribution < -0.4 is 0 Å². The van der Waals surface area contributed by atoms with Crippen LogP contribution in [-0.4, -0.2) is 14.8 Å². The van der Waals surface area contributed by atoms with Crippen LogP contribution in [0.2, 0.25) is 0 Å². The summed E-state index contributed by atoms with van der Waals surface area (Å²) < 4.78 is 0. The van der Waals surface area contributed by atoms with Gasteiger partial charge in [-0.15, -0.1) is 11.6 Å². The van der Waals surface area contributed by atoms with E-state index in [0.717, 1.165) is 0 Å². The molecule has 0 bridgehead atoms. The number of para-hydroxylation sites is 2. The molecule has 0 fully saturated rings. The Balaban J connectivity index is 0.000000166. The molecular weight excluding hydrogens is 496 g/mol. The first-order valence-corrected chi connectivity index (χ1v) is 14.2. The summed E-state index contributed by atoms with van der Waals surface area (Å²) in [6.45, 7) is 19.5. The van der Waals surface area contributed by atoms with E-state index in [1.54, 1.807) is 0 Å². The lowest BCUT2D eigenvalue weighted by atomic mass is 9.85. The molecule has 0 aliphatic carbocycles. The van der Waals surface area contributed by atoms with Crippen molar-refractivity contribution in [3.63, 3.8) is 0 Å². The smallest absolute Gasteiger partial charge is 0.0465 e. The predicted molar refractivity (Wildman–Crippen MR) is 175 cm³/mol. The van der Waals surface area contributed by atoms with Gasteiger partial charge in [-0.3, -0.25) is 0 Å². The van der Waals surface area contributed by atoms with Crippen LogP contribution in [0.1, 0.15) is 73.4 Å². The van der Waals surface area contributed by atoms with Crippen LogP contribution in [0.15, 0.2) is 84.9 Å². The Hall–Kier alpha value is -3.23. The Labute approximate surface area is 238 Å². The van der Waals surface area contributed by atoms with Crippen molar-refractivity contribution in [2.45, 2.75) is 78.0 Å². The van der Waals surface area contributed by atoms with Crippen molar-refractivity contribution in [3.05, 3.63) is 96.1 Å². The van der Waals surface area contributed by atoms with Crippen LogP contribution >= 0.6 is 11.6 Å². The Bertz CT molecular complexity index is 1590. The van der Waals surface area contributed by atoms with Crippen molar-refractivity contribution in [2.75, 3.05) is 0 Å². The molecule has 0 unspecified atom stereocenters. The number of alkyl halides is 1. The van der Waals surface area contributed by atoms with Gasteiger partial charge in [0.05, 0.1) is 0 Å². The van der Waals surface area contributed by atoms with Gasteiger partial charge in [-0.05, 0) is 79.1 Å². The van der Waals surface area contributed by atoms with Crippen molar-refractivity contribution in [3.8, 4) is 0 Å². The highest BCUT2D eigenvalue weighted by atomic mass is 35.5. The van der Waals surface area contributed by atoms with Crippen molar-refractivity contribution < 1.29 is 0 Å². The number of aromatic amines is 2. The molecule has 0 atom stereocenters. The van der Waals surface area contributed by atoms with Gasteiger partial charge in [0.15, 0.2) is 0 Å². The van der Waals surface area contributed by atoms with Gasteiger partial charge in [0.25, 0.3) is 0 Å². The lowest BCUT2D eigenvalue weighted by Crippen LogP contribution is -2.10. The minimum atomic E-state index is -0.0278. The van der Waals surface area contributed by atoms with Gasteiger partial charge in [-0.25, -0.2) is 0 Å². The van der Waals surface area contributed by atoms with Crippen molar-refractivity contribution in [1.29, 1.82) is 0 Å². The summed E-state index contributed by atoms with van der Waals surface area (Å²) in [4.78, 5) is 6.89. The van der Waals surface area contributed by atoms with E-state index in [-0.39, 0.29) is 15.7 Å². The molecule has 2 nitrogen and oxygen atoms in total. The van der Waals surface area contributed by atoms with E-state index in [0.29, 0.717) is 0 Å². The van der Waals surface area contributed by atoms with Crippen LogP contribution in [0.25, 0.3) is 43.6 Å². The largest absolute Gasteiger partial charge is 0.355 e. The lowest BCUT2D eigenvalue weighted by molar-refractivity contribution is 0.590. The summed E-state index contributed by atoms with van der Waals surface area (Å²) in [7, 11) is 0. The van der Waals surface area contributed by atoms with Gasteiger partial charge >= 0.3 is 0 Å². The number of benzene rings is 4.